The van der Waals surface area contributed by atoms with Gasteiger partial charge in [0.25, 0.3) is 0 Å². The largest absolute Gasteiger partial charge is 0.460 e. The molecule has 1 aliphatic heterocycles. The summed E-state index contributed by atoms with van der Waals surface area (Å²) >= 11 is 0. The van der Waals surface area contributed by atoms with E-state index in [9.17, 15) is 4.79 Å². The molecule has 1 heterocycles. The van der Waals surface area contributed by atoms with Crippen LogP contribution in [0.2, 0.25) is 0 Å². The molecule has 1 rings (SSSR count). The van der Waals surface area contributed by atoms with Crippen LogP contribution in [0.3, 0.4) is 0 Å². The van der Waals surface area contributed by atoms with Crippen molar-refractivity contribution >= 4 is 5.97 Å². The Labute approximate surface area is 53.6 Å². The molecular weight excluding hydrogens is 120 g/mol. The number of rotatable bonds is 0. The fourth-order valence-electron chi connectivity index (χ4n) is 0.832. The Kier molecular flexibility index (Phi) is 1.45. The van der Waals surface area contributed by atoms with E-state index in [1.807, 2.05) is 0 Å². The van der Waals surface area contributed by atoms with Gasteiger partial charge >= 0.3 is 5.97 Å². The first-order valence-corrected chi connectivity index (χ1v) is 3.01. The minimum Gasteiger partial charge on any atom is -0.460 e. The number of hydrogen-bond acceptors (Lipinski definition) is 3. The van der Waals surface area contributed by atoms with Crippen molar-refractivity contribution in [3.63, 3.8) is 0 Å². The average molecular weight is 130 g/mol. The molecule has 1 fully saturated rings. The van der Waals surface area contributed by atoms with E-state index in [2.05, 4.69) is 0 Å². The number of hydrogen-bond donors (Lipinski definition) is 1. The number of cyclic esters (lactones) is 1. The van der Waals surface area contributed by atoms with Crippen LogP contribution in [0.25, 0.3) is 0 Å². The molecule has 0 radical (unpaired) electrons. The predicted octanol–water partition coefficient (Wildman–Crippen LogP) is -0.0713. The van der Waals surface area contributed by atoms with Crippen molar-refractivity contribution in [3.05, 3.63) is 0 Å². The van der Waals surface area contributed by atoms with E-state index in [1.165, 1.54) is 0 Å². The van der Waals surface area contributed by atoms with Gasteiger partial charge in [-0.15, -0.1) is 0 Å². The lowest BCUT2D eigenvalue weighted by molar-refractivity contribution is -0.146. The second kappa shape index (κ2) is 1.99. The Hall–Kier alpha value is -0.570. The van der Waals surface area contributed by atoms with Crippen molar-refractivity contribution in [1.29, 1.82) is 0 Å². The Morgan fingerprint density at radius 1 is 1.56 bits per heavy atom. The Morgan fingerprint density at radius 3 is 2.22 bits per heavy atom. The van der Waals surface area contributed by atoms with Crippen molar-refractivity contribution in [3.8, 4) is 0 Å². The monoisotopic (exact) mass is 130 g/mol. The molecule has 3 atom stereocenters. The molecule has 9 heavy (non-hydrogen) atoms. The molecule has 3 nitrogen and oxygen atoms in total. The summed E-state index contributed by atoms with van der Waals surface area (Å²) in [6, 6.07) is 0. The summed E-state index contributed by atoms with van der Waals surface area (Å²) in [5.74, 6) is -0.549. The van der Waals surface area contributed by atoms with Crippen molar-refractivity contribution in [2.24, 2.45) is 5.92 Å². The van der Waals surface area contributed by atoms with Gasteiger partial charge in [0.05, 0.1) is 0 Å². The van der Waals surface area contributed by atoms with Crippen LogP contribution in [0.4, 0.5) is 0 Å². The molecular formula is C6H10O3. The first-order chi connectivity index (χ1) is 4.13. The number of esters is 1. The molecule has 1 saturated heterocycles. The minimum atomic E-state index is -0.903. The van der Waals surface area contributed by atoms with Crippen molar-refractivity contribution in [1.82, 2.24) is 0 Å². The van der Waals surface area contributed by atoms with Crippen molar-refractivity contribution in [2.75, 3.05) is 0 Å². The quantitative estimate of drug-likeness (QED) is 0.467. The van der Waals surface area contributed by atoms with Gasteiger partial charge in [0.2, 0.25) is 0 Å². The third-order valence-corrected chi connectivity index (χ3v) is 1.78. The molecule has 0 aromatic rings. The van der Waals surface area contributed by atoms with E-state index >= 15 is 0 Å². The number of aliphatic hydroxyl groups is 1. The highest BCUT2D eigenvalue weighted by Crippen LogP contribution is 2.20. The van der Waals surface area contributed by atoms with Gasteiger partial charge in [-0.05, 0) is 6.92 Å². The van der Waals surface area contributed by atoms with Gasteiger partial charge in [-0.2, -0.15) is 0 Å². The summed E-state index contributed by atoms with van der Waals surface area (Å²) < 4.78 is 4.70. The van der Waals surface area contributed by atoms with Crippen LogP contribution in [0.5, 0.6) is 0 Å². The van der Waals surface area contributed by atoms with Gasteiger partial charge in [-0.3, -0.25) is 0 Å². The zero-order chi connectivity index (χ0) is 7.02. The first-order valence-electron chi connectivity index (χ1n) is 3.01. The summed E-state index contributed by atoms with van der Waals surface area (Å²) in [6.45, 7) is 3.57. The Morgan fingerprint density at radius 2 is 2.11 bits per heavy atom. The molecule has 52 valence electrons. The molecule has 3 heteroatoms. The normalized spacial score (nSPS) is 43.0. The Balaban J connectivity index is 2.65. The zero-order valence-electron chi connectivity index (χ0n) is 5.50. The first kappa shape index (κ1) is 6.55. The molecule has 0 spiro atoms. The molecule has 0 aromatic heterocycles. The third-order valence-electron chi connectivity index (χ3n) is 1.78. The molecule has 0 aliphatic carbocycles. The molecule has 0 amide bonds. The van der Waals surface area contributed by atoms with Crippen LogP contribution in [0.1, 0.15) is 13.8 Å². The van der Waals surface area contributed by atoms with E-state index < -0.39 is 12.1 Å². The van der Waals surface area contributed by atoms with Gasteiger partial charge in [-0.1, -0.05) is 6.92 Å². The topological polar surface area (TPSA) is 46.5 Å². The molecule has 0 unspecified atom stereocenters. The van der Waals surface area contributed by atoms with Crippen molar-refractivity contribution in [2.45, 2.75) is 26.1 Å². The maximum absolute atomic E-state index is 10.5. The zero-order valence-corrected chi connectivity index (χ0v) is 5.50. The molecule has 0 saturated carbocycles. The molecule has 1 aliphatic rings. The summed E-state index contributed by atoms with van der Waals surface area (Å²) in [5.41, 5.74) is 0. The minimum absolute atomic E-state index is 0.0579. The molecule has 0 aromatic carbocycles. The van der Waals surface area contributed by atoms with Crippen LogP contribution < -0.4 is 0 Å². The van der Waals surface area contributed by atoms with Crippen LogP contribution in [0, 0.1) is 5.92 Å². The lowest BCUT2D eigenvalue weighted by atomic mass is 10.0. The van der Waals surface area contributed by atoms with E-state index in [0.717, 1.165) is 0 Å². The van der Waals surface area contributed by atoms with Gasteiger partial charge in [0, 0.05) is 5.92 Å². The average Bonchev–Trinajstić information content (AvgIpc) is 1.98. The van der Waals surface area contributed by atoms with E-state index in [0.29, 0.717) is 0 Å². The fraction of sp³-hybridized carbons (Fsp3) is 0.833. The highest BCUT2D eigenvalue weighted by atomic mass is 16.6. The third kappa shape index (κ3) is 0.920. The van der Waals surface area contributed by atoms with E-state index in [1.54, 1.807) is 13.8 Å². The van der Waals surface area contributed by atoms with Gasteiger partial charge in [0.1, 0.15) is 6.10 Å². The van der Waals surface area contributed by atoms with Gasteiger partial charge in [0.15, 0.2) is 6.10 Å². The summed E-state index contributed by atoms with van der Waals surface area (Å²) in [4.78, 5) is 10.5. The second-order valence-corrected chi connectivity index (χ2v) is 2.45. The standard InChI is InChI=1S/C6H10O3/c1-3-4(2)9-6(8)5(3)7/h3-5,7H,1-2H3/t3-,4-,5-/m1/s1. The summed E-state index contributed by atoms with van der Waals surface area (Å²) in [6.07, 6.45) is -1.03. The lowest BCUT2D eigenvalue weighted by Crippen LogP contribution is -2.20. The van der Waals surface area contributed by atoms with Crippen LogP contribution in [-0.2, 0) is 9.53 Å². The van der Waals surface area contributed by atoms with Crippen LogP contribution >= 0.6 is 0 Å². The van der Waals surface area contributed by atoms with Gasteiger partial charge < -0.3 is 9.84 Å². The maximum Gasteiger partial charge on any atom is 0.335 e. The summed E-state index contributed by atoms with van der Waals surface area (Å²) in [5, 5.41) is 8.96. The smallest absolute Gasteiger partial charge is 0.335 e. The number of carbonyl (C=O) groups is 1. The predicted molar refractivity (Wildman–Crippen MR) is 30.7 cm³/mol. The number of ether oxygens (including phenoxy) is 1. The maximum atomic E-state index is 10.5. The highest BCUT2D eigenvalue weighted by molar-refractivity contribution is 5.77. The van der Waals surface area contributed by atoms with E-state index in [4.69, 9.17) is 9.84 Å². The SMILES string of the molecule is C[C@@H]1[C@@H](C)OC(=O)[C@@H]1O. The summed E-state index contributed by atoms with van der Waals surface area (Å²) in [7, 11) is 0. The number of aliphatic hydroxyl groups excluding tert-OH is 1. The molecule has 0 bridgehead atoms. The highest BCUT2D eigenvalue weighted by Gasteiger charge is 2.37. The van der Waals surface area contributed by atoms with E-state index in [-0.39, 0.29) is 12.0 Å². The molecule has 1 N–H and O–H groups in total. The second-order valence-electron chi connectivity index (χ2n) is 2.45. The Bertz CT molecular complexity index is 132. The number of carbonyl (C=O) groups excluding carboxylic acids is 1. The van der Waals surface area contributed by atoms with Crippen LogP contribution in [0.15, 0.2) is 0 Å². The lowest BCUT2D eigenvalue weighted by Gasteiger charge is -2.05. The fourth-order valence-corrected chi connectivity index (χ4v) is 0.832. The van der Waals surface area contributed by atoms with Crippen LogP contribution in [-0.4, -0.2) is 23.3 Å². The van der Waals surface area contributed by atoms with Gasteiger partial charge in [-0.25, -0.2) is 4.79 Å². The van der Waals surface area contributed by atoms with Crippen molar-refractivity contribution < 1.29 is 14.6 Å².